The Kier molecular flexibility index (Phi) is 8.96. The largest absolute Gasteiger partial charge is 1.00 e. The summed E-state index contributed by atoms with van der Waals surface area (Å²) in [5.41, 5.74) is 7.51. The van der Waals surface area contributed by atoms with Crippen LogP contribution >= 0.6 is 0 Å². The third-order valence-electron chi connectivity index (χ3n) is 6.98. The number of allylic oxidation sites excluding steroid dienone is 4. The topological polar surface area (TPSA) is 0 Å². The van der Waals surface area contributed by atoms with Crippen LogP contribution < -0.4 is 24.8 Å². The smallest absolute Gasteiger partial charge is 1.00 e. The van der Waals surface area contributed by atoms with Crippen LogP contribution in [-0.2, 0) is 27.7 Å². The molecule has 1 atom stereocenters. The van der Waals surface area contributed by atoms with E-state index in [0.717, 1.165) is 6.42 Å². The minimum atomic E-state index is -2.21. The average molecular weight is 583 g/mol. The molecule has 0 spiro atoms. The van der Waals surface area contributed by atoms with Gasteiger partial charge in [-0.25, -0.2) is 0 Å². The van der Waals surface area contributed by atoms with Crippen LogP contribution in [-0.4, -0.2) is 11.8 Å². The molecule has 0 saturated carbocycles. The van der Waals surface area contributed by atoms with Crippen molar-refractivity contribution in [1.82, 2.24) is 0 Å². The fourth-order valence-electron chi connectivity index (χ4n) is 5.25. The predicted molar refractivity (Wildman–Crippen MR) is 139 cm³/mol. The molecule has 0 radical (unpaired) electrons. The summed E-state index contributed by atoms with van der Waals surface area (Å²) in [5.74, 6) is 0.582. The Morgan fingerprint density at radius 1 is 0.765 bits per heavy atom. The summed E-state index contributed by atoms with van der Waals surface area (Å²) in [6.07, 6.45) is 6.35. The third-order valence-corrected chi connectivity index (χ3v) is 16.8. The number of rotatable bonds is 5. The van der Waals surface area contributed by atoms with Gasteiger partial charge in [0.2, 0.25) is 0 Å². The molecule has 0 saturated heterocycles. The van der Waals surface area contributed by atoms with Crippen LogP contribution in [0.5, 0.6) is 0 Å². The molecule has 0 heterocycles. The second-order valence-electron chi connectivity index (χ2n) is 10.2. The molecule has 0 fully saturated rings. The van der Waals surface area contributed by atoms with Gasteiger partial charge < -0.3 is 24.8 Å². The molecule has 5 rings (SSSR count). The Morgan fingerprint density at radius 3 is 1.82 bits per heavy atom. The summed E-state index contributed by atoms with van der Waals surface area (Å²) in [7, 11) is -1.32. The van der Waals surface area contributed by atoms with Gasteiger partial charge in [-0.3, -0.25) is 0 Å². The quantitative estimate of drug-likeness (QED) is 0.403. The molecular formula is C30H32Cl2SiZr. The fourth-order valence-corrected chi connectivity index (χ4v) is 15.2. The maximum atomic E-state index is 2.80. The maximum absolute atomic E-state index is 2.80. The molecule has 2 aliphatic carbocycles. The molecule has 0 aliphatic heterocycles. The third kappa shape index (κ3) is 5.26. The predicted octanol–water partition coefficient (Wildman–Crippen LogP) is 1.76. The molecule has 3 aromatic carbocycles. The molecule has 4 heteroatoms. The van der Waals surface area contributed by atoms with Crippen molar-refractivity contribution in [2.75, 3.05) is 0 Å². The number of fused-ring (bicyclic) bond motifs is 3. The summed E-state index contributed by atoms with van der Waals surface area (Å²) in [4.78, 5) is 0. The summed E-state index contributed by atoms with van der Waals surface area (Å²) < 4.78 is 5.17. The fraction of sp³-hybridized carbons (Fsp3) is 0.233. The van der Waals surface area contributed by atoms with Crippen molar-refractivity contribution >= 4 is 11.8 Å². The Balaban J connectivity index is 0.00000162. The van der Waals surface area contributed by atoms with Crippen LogP contribution in [0, 0.1) is 5.92 Å². The molecule has 3 aromatic rings. The second kappa shape index (κ2) is 11.2. The Labute approximate surface area is 226 Å². The van der Waals surface area contributed by atoms with Crippen LogP contribution in [0.3, 0.4) is 0 Å². The van der Waals surface area contributed by atoms with Gasteiger partial charge in [0.15, 0.2) is 0 Å². The molecule has 0 N–H and O–H groups in total. The Morgan fingerprint density at radius 2 is 1.29 bits per heavy atom. The Bertz CT molecular complexity index is 1210. The first-order chi connectivity index (χ1) is 15.4. The van der Waals surface area contributed by atoms with Gasteiger partial charge in [-0.15, -0.1) is 0 Å². The average Bonchev–Trinajstić information content (AvgIpc) is 3.34. The van der Waals surface area contributed by atoms with Gasteiger partial charge in [-0.05, 0) is 0 Å². The van der Waals surface area contributed by atoms with Crippen LogP contribution in [0.1, 0.15) is 27.2 Å². The van der Waals surface area contributed by atoms with Gasteiger partial charge in [0.25, 0.3) is 0 Å². The van der Waals surface area contributed by atoms with Crippen LogP contribution in [0.2, 0.25) is 19.6 Å². The minimum absolute atomic E-state index is 0. The molecule has 2 aliphatic rings. The van der Waals surface area contributed by atoms with E-state index in [1.165, 1.54) is 16.7 Å². The minimum Gasteiger partial charge on any atom is -1.00 e. The van der Waals surface area contributed by atoms with E-state index in [0.29, 0.717) is 9.54 Å². The van der Waals surface area contributed by atoms with Gasteiger partial charge in [-0.2, -0.15) is 0 Å². The van der Waals surface area contributed by atoms with Crippen molar-refractivity contribution in [3.05, 3.63) is 116 Å². The van der Waals surface area contributed by atoms with Gasteiger partial charge in [-0.1, -0.05) is 0 Å². The van der Waals surface area contributed by atoms with Crippen molar-refractivity contribution in [1.29, 1.82) is 0 Å². The summed E-state index contributed by atoms with van der Waals surface area (Å²) in [6.45, 7) is 9.91. The van der Waals surface area contributed by atoms with Crippen LogP contribution in [0.4, 0.5) is 0 Å². The molecular weight excluding hydrogens is 551 g/mol. The Hall–Kier alpha value is -1.31. The number of halogens is 2. The standard InChI is InChI=1S/C13H9.C9H15Si.C8H8.2ClH.Zr/c1-3-7-12-10(5-1)9-11-6-2-4-8-13(11)12;1-8-5-6-9(7-8)10(2,3)4;1-2-8-6-4-3-5-7-8;;;/h1-9H;6-8H,1-4H3;1,3-7H,2H2;2*1H;/q;;;;;+2/p-2. The first kappa shape index (κ1) is 27.3. The SMILES string of the molecule is CC1C=C([Si](C)(C)C)C=[C]1/[Zr+2](=[CH]/Cc1ccccc1)[CH]1c2ccccc2-c2ccccc21.[Cl-].[Cl-]. The van der Waals surface area contributed by atoms with Crippen LogP contribution in [0.15, 0.2) is 99.5 Å². The molecule has 0 aromatic heterocycles. The van der Waals surface area contributed by atoms with E-state index in [1.807, 2.05) is 0 Å². The van der Waals surface area contributed by atoms with E-state index < -0.39 is 29.3 Å². The molecule has 0 bridgehead atoms. The first-order valence-electron chi connectivity index (χ1n) is 11.8. The first-order valence-corrected chi connectivity index (χ1v) is 19.4. The maximum Gasteiger partial charge on any atom is -1.00 e. The van der Waals surface area contributed by atoms with Crippen molar-refractivity contribution < 1.29 is 46.1 Å². The van der Waals surface area contributed by atoms with E-state index in [9.17, 15) is 0 Å². The van der Waals surface area contributed by atoms with Gasteiger partial charge >= 0.3 is 203 Å². The summed E-state index contributed by atoms with van der Waals surface area (Å²) >= 11 is -2.21. The van der Waals surface area contributed by atoms with E-state index >= 15 is 0 Å². The van der Waals surface area contributed by atoms with E-state index in [2.05, 4.69) is 121 Å². The van der Waals surface area contributed by atoms with Gasteiger partial charge in [0, 0.05) is 0 Å². The van der Waals surface area contributed by atoms with Crippen LogP contribution in [0.25, 0.3) is 11.1 Å². The van der Waals surface area contributed by atoms with E-state index in [4.69, 9.17) is 0 Å². The van der Waals surface area contributed by atoms with Gasteiger partial charge in [0.1, 0.15) is 0 Å². The number of hydrogen-bond acceptors (Lipinski definition) is 0. The monoisotopic (exact) mass is 580 g/mol. The van der Waals surface area contributed by atoms with Crippen molar-refractivity contribution in [2.45, 2.75) is 36.6 Å². The molecule has 34 heavy (non-hydrogen) atoms. The number of hydrogen-bond donors (Lipinski definition) is 0. The second-order valence-corrected chi connectivity index (χ2v) is 21.4. The molecule has 1 unspecified atom stereocenters. The van der Waals surface area contributed by atoms with E-state index in [-0.39, 0.29) is 24.8 Å². The van der Waals surface area contributed by atoms with Crippen molar-refractivity contribution in [3.8, 4) is 11.1 Å². The normalized spacial score (nSPS) is 16.6. The zero-order valence-electron chi connectivity index (χ0n) is 20.4. The summed E-state index contributed by atoms with van der Waals surface area (Å²) in [6, 6.07) is 29.4. The van der Waals surface area contributed by atoms with E-state index in [1.54, 1.807) is 19.6 Å². The summed E-state index contributed by atoms with van der Waals surface area (Å²) in [5, 5.41) is 1.66. The zero-order valence-corrected chi connectivity index (χ0v) is 25.3. The van der Waals surface area contributed by atoms with Crippen molar-refractivity contribution in [3.63, 3.8) is 0 Å². The van der Waals surface area contributed by atoms with Gasteiger partial charge in [0.05, 0.1) is 0 Å². The molecule has 0 amide bonds. The number of benzene rings is 3. The zero-order chi connectivity index (χ0) is 22.3. The molecule has 0 nitrogen and oxygen atoms in total. The van der Waals surface area contributed by atoms with Crippen molar-refractivity contribution in [2.24, 2.45) is 5.92 Å². The molecule has 174 valence electrons.